The van der Waals surface area contributed by atoms with E-state index in [0.717, 1.165) is 68.5 Å². The molecule has 1 aromatic carbocycles. The number of ether oxygens (including phenoxy) is 1. The molecule has 4 rings (SSSR count). The second-order valence-electron chi connectivity index (χ2n) is 7.83. The molecule has 1 fully saturated rings. The SMILES string of the molecule is COc1ccc(CNC(=O)c2nc(C(=O)NC3CCCC3)n3c2CCCC3)cc1. The smallest absolute Gasteiger partial charge is 0.287 e. The van der Waals surface area contributed by atoms with Crippen LogP contribution in [0, 0.1) is 0 Å². The molecule has 2 aromatic rings. The first-order chi connectivity index (χ1) is 14.2. The summed E-state index contributed by atoms with van der Waals surface area (Å²) in [4.78, 5) is 30.2. The number of nitrogens with one attached hydrogen (secondary N) is 2. The van der Waals surface area contributed by atoms with E-state index in [1.807, 2.05) is 28.8 Å². The molecule has 1 aromatic heterocycles. The van der Waals surface area contributed by atoms with Crippen molar-refractivity contribution in [1.29, 1.82) is 0 Å². The van der Waals surface area contributed by atoms with Gasteiger partial charge >= 0.3 is 0 Å². The predicted molar refractivity (Wildman–Crippen MR) is 109 cm³/mol. The first-order valence-electron chi connectivity index (χ1n) is 10.5. The van der Waals surface area contributed by atoms with Gasteiger partial charge in [0.1, 0.15) is 11.4 Å². The summed E-state index contributed by atoms with van der Waals surface area (Å²) in [5, 5.41) is 6.04. The molecule has 0 radical (unpaired) electrons. The fourth-order valence-corrected chi connectivity index (χ4v) is 4.23. The van der Waals surface area contributed by atoms with Gasteiger partial charge in [0, 0.05) is 19.1 Å². The van der Waals surface area contributed by atoms with Crippen LogP contribution < -0.4 is 15.4 Å². The largest absolute Gasteiger partial charge is 0.497 e. The zero-order chi connectivity index (χ0) is 20.2. The number of hydrogen-bond acceptors (Lipinski definition) is 4. The van der Waals surface area contributed by atoms with Crippen molar-refractivity contribution in [2.24, 2.45) is 0 Å². The zero-order valence-corrected chi connectivity index (χ0v) is 16.9. The zero-order valence-electron chi connectivity index (χ0n) is 16.9. The van der Waals surface area contributed by atoms with Crippen molar-refractivity contribution in [1.82, 2.24) is 20.2 Å². The highest BCUT2D eigenvalue weighted by atomic mass is 16.5. The third-order valence-corrected chi connectivity index (χ3v) is 5.84. The Hall–Kier alpha value is -2.83. The van der Waals surface area contributed by atoms with Gasteiger partial charge in [-0.2, -0.15) is 0 Å². The molecular weight excluding hydrogens is 368 g/mol. The third-order valence-electron chi connectivity index (χ3n) is 5.84. The molecule has 2 N–H and O–H groups in total. The van der Waals surface area contributed by atoms with Gasteiger partial charge in [-0.25, -0.2) is 4.98 Å². The maximum atomic E-state index is 12.9. The lowest BCUT2D eigenvalue weighted by atomic mass is 10.1. The third kappa shape index (κ3) is 4.28. The van der Waals surface area contributed by atoms with E-state index in [9.17, 15) is 9.59 Å². The minimum atomic E-state index is -0.230. The lowest BCUT2D eigenvalue weighted by Gasteiger charge is -2.18. The van der Waals surface area contributed by atoms with Crippen molar-refractivity contribution >= 4 is 11.8 Å². The highest BCUT2D eigenvalue weighted by molar-refractivity contribution is 5.97. The topological polar surface area (TPSA) is 85.2 Å². The molecule has 0 spiro atoms. The maximum Gasteiger partial charge on any atom is 0.287 e. The highest BCUT2D eigenvalue weighted by Gasteiger charge is 2.28. The minimum absolute atomic E-state index is 0.158. The molecule has 7 nitrogen and oxygen atoms in total. The van der Waals surface area contributed by atoms with E-state index in [0.29, 0.717) is 18.1 Å². The van der Waals surface area contributed by atoms with Crippen molar-refractivity contribution in [3.63, 3.8) is 0 Å². The second-order valence-corrected chi connectivity index (χ2v) is 7.83. The molecular formula is C22H28N4O3. The van der Waals surface area contributed by atoms with Crippen molar-refractivity contribution in [2.75, 3.05) is 7.11 Å². The molecule has 2 heterocycles. The first kappa shape index (κ1) is 19.5. The van der Waals surface area contributed by atoms with Crippen LogP contribution >= 0.6 is 0 Å². The number of methoxy groups -OCH3 is 1. The Kier molecular flexibility index (Phi) is 5.83. The molecule has 0 atom stereocenters. The minimum Gasteiger partial charge on any atom is -0.497 e. The summed E-state index contributed by atoms with van der Waals surface area (Å²) in [5.74, 6) is 0.767. The average Bonchev–Trinajstić information content (AvgIpc) is 3.40. The quantitative estimate of drug-likeness (QED) is 0.786. The Balaban J connectivity index is 1.49. The highest BCUT2D eigenvalue weighted by Crippen LogP contribution is 2.23. The van der Waals surface area contributed by atoms with Crippen molar-refractivity contribution in [3.05, 3.63) is 47.0 Å². The van der Waals surface area contributed by atoms with Gasteiger partial charge in [-0.05, 0) is 49.8 Å². The van der Waals surface area contributed by atoms with Crippen LogP contribution in [-0.4, -0.2) is 34.5 Å². The van der Waals surface area contributed by atoms with Crippen LogP contribution in [-0.2, 0) is 19.5 Å². The number of fused-ring (bicyclic) bond motifs is 1. The lowest BCUT2D eigenvalue weighted by molar-refractivity contribution is 0.0921. The Labute approximate surface area is 170 Å². The molecule has 7 heteroatoms. The Bertz CT molecular complexity index is 882. The van der Waals surface area contributed by atoms with E-state index in [-0.39, 0.29) is 17.9 Å². The van der Waals surface area contributed by atoms with E-state index in [1.165, 1.54) is 0 Å². The van der Waals surface area contributed by atoms with Crippen molar-refractivity contribution < 1.29 is 14.3 Å². The fourth-order valence-electron chi connectivity index (χ4n) is 4.23. The normalized spacial score (nSPS) is 16.3. The van der Waals surface area contributed by atoms with Gasteiger partial charge in [0.15, 0.2) is 5.82 Å². The van der Waals surface area contributed by atoms with Crippen LogP contribution in [0.2, 0.25) is 0 Å². The van der Waals surface area contributed by atoms with Gasteiger partial charge in [0.05, 0.1) is 12.8 Å². The molecule has 1 aliphatic heterocycles. The number of benzene rings is 1. The van der Waals surface area contributed by atoms with Crippen molar-refractivity contribution in [2.45, 2.75) is 64.1 Å². The molecule has 2 aliphatic rings. The summed E-state index contributed by atoms with van der Waals surface area (Å²) in [6, 6.07) is 7.80. The van der Waals surface area contributed by atoms with Gasteiger partial charge in [-0.1, -0.05) is 25.0 Å². The molecule has 1 aliphatic carbocycles. The molecule has 0 unspecified atom stereocenters. The number of nitrogens with zero attached hydrogens (tertiary/aromatic N) is 2. The Morgan fingerprint density at radius 3 is 2.59 bits per heavy atom. The monoisotopic (exact) mass is 396 g/mol. The van der Waals surface area contributed by atoms with Gasteiger partial charge in [-0.15, -0.1) is 0 Å². The molecule has 0 saturated heterocycles. The lowest BCUT2D eigenvalue weighted by Crippen LogP contribution is -2.35. The van der Waals surface area contributed by atoms with Gasteiger partial charge in [0.25, 0.3) is 11.8 Å². The number of aromatic nitrogens is 2. The number of carbonyl (C=O) groups is 2. The summed E-state index contributed by atoms with van der Waals surface area (Å²) in [7, 11) is 1.62. The maximum absolute atomic E-state index is 12.9. The van der Waals surface area contributed by atoms with Crippen LogP contribution in [0.5, 0.6) is 5.75 Å². The number of rotatable bonds is 6. The van der Waals surface area contributed by atoms with Crippen molar-refractivity contribution in [3.8, 4) is 5.75 Å². The standard InChI is InChI=1S/C22H28N4O3/c1-29-17-11-9-15(10-12-17)14-23-21(27)19-18-8-4-5-13-26(18)20(25-19)22(28)24-16-6-2-3-7-16/h9-12,16H,2-8,13-14H2,1H3,(H,23,27)(H,24,28). The molecule has 1 saturated carbocycles. The average molecular weight is 396 g/mol. The fraction of sp³-hybridized carbons (Fsp3) is 0.500. The van der Waals surface area contributed by atoms with Crippen LogP contribution in [0.15, 0.2) is 24.3 Å². The van der Waals surface area contributed by atoms with E-state index in [1.54, 1.807) is 7.11 Å². The van der Waals surface area contributed by atoms with Crippen LogP contribution in [0.25, 0.3) is 0 Å². The Morgan fingerprint density at radius 2 is 1.86 bits per heavy atom. The predicted octanol–water partition coefficient (Wildman–Crippen LogP) is 2.83. The summed E-state index contributed by atoms with van der Waals surface area (Å²) in [5.41, 5.74) is 2.24. The van der Waals surface area contributed by atoms with E-state index in [2.05, 4.69) is 15.6 Å². The molecule has 154 valence electrons. The van der Waals surface area contributed by atoms with E-state index >= 15 is 0 Å². The van der Waals surface area contributed by atoms with E-state index in [4.69, 9.17) is 4.74 Å². The number of hydrogen-bond donors (Lipinski definition) is 2. The van der Waals surface area contributed by atoms with Crippen LogP contribution in [0.3, 0.4) is 0 Å². The van der Waals surface area contributed by atoms with Crippen LogP contribution in [0.1, 0.15) is 70.9 Å². The first-order valence-corrected chi connectivity index (χ1v) is 10.5. The number of imidazole rings is 1. The summed E-state index contributed by atoms with van der Waals surface area (Å²) >= 11 is 0. The second kappa shape index (κ2) is 8.68. The number of carbonyl (C=O) groups excluding carboxylic acids is 2. The number of amides is 2. The summed E-state index contributed by atoms with van der Waals surface area (Å²) in [6.45, 7) is 1.14. The van der Waals surface area contributed by atoms with Gasteiger partial charge in [0.2, 0.25) is 0 Å². The summed E-state index contributed by atoms with van der Waals surface area (Å²) in [6.07, 6.45) is 7.14. The molecule has 29 heavy (non-hydrogen) atoms. The van der Waals surface area contributed by atoms with Gasteiger partial charge < -0.3 is 19.9 Å². The van der Waals surface area contributed by atoms with Crippen LogP contribution in [0.4, 0.5) is 0 Å². The van der Waals surface area contributed by atoms with Gasteiger partial charge in [-0.3, -0.25) is 9.59 Å². The summed E-state index contributed by atoms with van der Waals surface area (Å²) < 4.78 is 7.10. The Morgan fingerprint density at radius 1 is 1.10 bits per heavy atom. The van der Waals surface area contributed by atoms with E-state index < -0.39 is 0 Å². The molecule has 0 bridgehead atoms. The molecule has 2 amide bonds.